The second-order valence-electron chi connectivity index (χ2n) is 6.47. The molecule has 1 saturated carbocycles. The molecule has 1 aromatic carbocycles. The van der Waals surface area contributed by atoms with Crippen molar-refractivity contribution in [3.05, 3.63) is 46.3 Å². The van der Waals surface area contributed by atoms with Crippen molar-refractivity contribution in [2.24, 2.45) is 0 Å². The van der Waals surface area contributed by atoms with Gasteiger partial charge in [0.1, 0.15) is 0 Å². The van der Waals surface area contributed by atoms with E-state index < -0.39 is 0 Å². The summed E-state index contributed by atoms with van der Waals surface area (Å²) in [6, 6.07) is 7.30. The Bertz CT molecular complexity index is 980. The number of rotatable bonds is 7. The van der Waals surface area contributed by atoms with E-state index in [1.165, 1.54) is 11.8 Å². The van der Waals surface area contributed by atoms with Crippen LogP contribution in [-0.2, 0) is 6.54 Å². The van der Waals surface area contributed by atoms with Crippen LogP contribution >= 0.6 is 11.8 Å². The normalized spacial score (nSPS) is 15.5. The number of benzene rings is 1. The van der Waals surface area contributed by atoms with Crippen LogP contribution in [0.2, 0.25) is 0 Å². The molecule has 26 heavy (non-hydrogen) atoms. The molecule has 1 aliphatic rings. The first-order valence-corrected chi connectivity index (χ1v) is 9.66. The summed E-state index contributed by atoms with van der Waals surface area (Å²) in [5.41, 5.74) is 0.569. The predicted octanol–water partition coefficient (Wildman–Crippen LogP) is 2.89. The van der Waals surface area contributed by atoms with E-state index in [0.29, 0.717) is 40.8 Å². The number of para-hydroxylation sites is 1. The zero-order valence-corrected chi connectivity index (χ0v) is 15.3. The minimum atomic E-state index is -0.122. The van der Waals surface area contributed by atoms with Gasteiger partial charge < -0.3 is 9.63 Å². The molecule has 0 amide bonds. The minimum absolute atomic E-state index is 0.0212. The van der Waals surface area contributed by atoms with E-state index in [1.54, 1.807) is 10.6 Å². The number of thioether (sulfide) groups is 1. The first-order valence-electron chi connectivity index (χ1n) is 8.78. The van der Waals surface area contributed by atoms with Gasteiger partial charge in [0.25, 0.3) is 5.56 Å². The second kappa shape index (κ2) is 7.20. The molecule has 0 spiro atoms. The average Bonchev–Trinajstić information content (AvgIpc) is 3.38. The van der Waals surface area contributed by atoms with E-state index in [-0.39, 0.29) is 17.4 Å². The number of aromatic nitrogens is 4. The van der Waals surface area contributed by atoms with Crippen LogP contribution < -0.4 is 5.56 Å². The number of fused-ring (bicyclic) bond motifs is 1. The lowest BCUT2D eigenvalue weighted by molar-refractivity contribution is 0.276. The van der Waals surface area contributed by atoms with E-state index in [0.717, 1.165) is 18.7 Å². The third-order valence-corrected chi connectivity index (χ3v) is 5.47. The van der Waals surface area contributed by atoms with Crippen molar-refractivity contribution < 1.29 is 9.63 Å². The van der Waals surface area contributed by atoms with Crippen LogP contribution in [0.3, 0.4) is 0 Å². The highest BCUT2D eigenvalue weighted by molar-refractivity contribution is 7.99. The summed E-state index contributed by atoms with van der Waals surface area (Å²) in [7, 11) is 0. The SMILES string of the molecule is CC(Sc1nc2ccccc2c(=O)n1CCCO)c1nc(C2CC2)no1. The standard InChI is InChI=1S/C18H20N4O3S/c1-11(16-20-15(21-25-16)12-7-8-12)26-18-19-14-6-3-2-5-13(14)17(24)22(18)9-4-10-23/h2-3,5-6,11-12,23H,4,7-10H2,1H3. The lowest BCUT2D eigenvalue weighted by Gasteiger charge is -2.14. The van der Waals surface area contributed by atoms with Crippen LogP contribution in [0.15, 0.2) is 38.7 Å². The summed E-state index contributed by atoms with van der Waals surface area (Å²) in [6.45, 7) is 2.40. The summed E-state index contributed by atoms with van der Waals surface area (Å²) in [5.74, 6) is 1.76. The van der Waals surface area contributed by atoms with Gasteiger partial charge in [-0.2, -0.15) is 4.98 Å². The molecule has 3 aromatic rings. The van der Waals surface area contributed by atoms with Crippen molar-refractivity contribution in [2.75, 3.05) is 6.61 Å². The Hall–Kier alpha value is -2.19. The van der Waals surface area contributed by atoms with Gasteiger partial charge in [-0.15, -0.1) is 0 Å². The number of nitrogens with zero attached hydrogens (tertiary/aromatic N) is 4. The van der Waals surface area contributed by atoms with E-state index in [9.17, 15) is 4.79 Å². The highest BCUT2D eigenvalue weighted by Crippen LogP contribution is 2.40. The fourth-order valence-corrected chi connectivity index (χ4v) is 3.76. The summed E-state index contributed by atoms with van der Waals surface area (Å²) in [6.07, 6.45) is 2.73. The Kier molecular flexibility index (Phi) is 4.78. The number of hydrogen-bond donors (Lipinski definition) is 1. The van der Waals surface area contributed by atoms with Crippen molar-refractivity contribution in [1.82, 2.24) is 19.7 Å². The average molecular weight is 372 g/mol. The first-order chi connectivity index (χ1) is 12.7. The maximum atomic E-state index is 12.9. The van der Waals surface area contributed by atoms with Gasteiger partial charge in [0, 0.05) is 19.1 Å². The molecule has 0 bridgehead atoms. The largest absolute Gasteiger partial charge is 0.396 e. The maximum absolute atomic E-state index is 12.9. The van der Waals surface area contributed by atoms with Gasteiger partial charge >= 0.3 is 0 Å². The van der Waals surface area contributed by atoms with E-state index >= 15 is 0 Å². The van der Waals surface area contributed by atoms with Crippen molar-refractivity contribution >= 4 is 22.7 Å². The molecule has 4 rings (SSSR count). The molecule has 1 aliphatic carbocycles. The quantitative estimate of drug-likeness (QED) is 0.503. The lowest BCUT2D eigenvalue weighted by Crippen LogP contribution is -2.24. The molecule has 1 fully saturated rings. The van der Waals surface area contributed by atoms with Crippen molar-refractivity contribution in [3.63, 3.8) is 0 Å². The van der Waals surface area contributed by atoms with Crippen LogP contribution in [0.1, 0.15) is 49.1 Å². The zero-order chi connectivity index (χ0) is 18.1. The molecule has 1 unspecified atom stereocenters. The molecule has 1 N–H and O–H groups in total. The minimum Gasteiger partial charge on any atom is -0.396 e. The molecule has 0 radical (unpaired) electrons. The monoisotopic (exact) mass is 372 g/mol. The van der Waals surface area contributed by atoms with Crippen LogP contribution in [0, 0.1) is 0 Å². The van der Waals surface area contributed by atoms with Gasteiger partial charge in [-0.3, -0.25) is 9.36 Å². The van der Waals surface area contributed by atoms with Crippen LogP contribution in [0.5, 0.6) is 0 Å². The molecule has 7 nitrogen and oxygen atoms in total. The fourth-order valence-electron chi connectivity index (χ4n) is 2.79. The third kappa shape index (κ3) is 3.39. The Balaban J connectivity index is 1.67. The van der Waals surface area contributed by atoms with Crippen molar-refractivity contribution in [2.45, 2.75) is 49.1 Å². The Morgan fingerprint density at radius 2 is 2.15 bits per heavy atom. The maximum Gasteiger partial charge on any atom is 0.262 e. The van der Waals surface area contributed by atoms with E-state index in [2.05, 4.69) is 15.1 Å². The highest BCUT2D eigenvalue weighted by Gasteiger charge is 2.30. The highest BCUT2D eigenvalue weighted by atomic mass is 32.2. The van der Waals surface area contributed by atoms with Crippen LogP contribution in [-0.4, -0.2) is 31.4 Å². The smallest absolute Gasteiger partial charge is 0.262 e. The van der Waals surface area contributed by atoms with Gasteiger partial charge in [0.2, 0.25) is 5.89 Å². The third-order valence-electron chi connectivity index (χ3n) is 4.40. The number of aliphatic hydroxyl groups excluding tert-OH is 1. The molecule has 8 heteroatoms. The number of hydrogen-bond acceptors (Lipinski definition) is 7. The van der Waals surface area contributed by atoms with E-state index in [4.69, 9.17) is 9.63 Å². The Morgan fingerprint density at radius 3 is 2.92 bits per heavy atom. The van der Waals surface area contributed by atoms with Crippen molar-refractivity contribution in [3.8, 4) is 0 Å². The molecule has 0 aliphatic heterocycles. The summed E-state index contributed by atoms with van der Waals surface area (Å²) < 4.78 is 7.02. The van der Waals surface area contributed by atoms with Gasteiger partial charge in [-0.25, -0.2) is 4.98 Å². The molecule has 2 heterocycles. The topological polar surface area (TPSA) is 94.0 Å². The van der Waals surface area contributed by atoms with Crippen LogP contribution in [0.25, 0.3) is 10.9 Å². The first kappa shape index (κ1) is 17.2. The summed E-state index contributed by atoms with van der Waals surface area (Å²) >= 11 is 1.42. The molecule has 2 aromatic heterocycles. The Morgan fingerprint density at radius 1 is 1.35 bits per heavy atom. The number of aliphatic hydroxyl groups is 1. The van der Waals surface area contributed by atoms with Gasteiger partial charge in [-0.1, -0.05) is 29.1 Å². The molecule has 0 saturated heterocycles. The van der Waals surface area contributed by atoms with E-state index in [1.807, 2.05) is 25.1 Å². The summed E-state index contributed by atoms with van der Waals surface area (Å²) in [5, 5.41) is 14.3. The Labute approximate surface area is 154 Å². The zero-order valence-electron chi connectivity index (χ0n) is 14.5. The van der Waals surface area contributed by atoms with Crippen LogP contribution in [0.4, 0.5) is 0 Å². The lowest BCUT2D eigenvalue weighted by atomic mass is 10.2. The molecule has 1 atom stereocenters. The van der Waals surface area contributed by atoms with Crippen molar-refractivity contribution in [1.29, 1.82) is 0 Å². The summed E-state index contributed by atoms with van der Waals surface area (Å²) in [4.78, 5) is 22.0. The molecular formula is C18H20N4O3S. The van der Waals surface area contributed by atoms with Gasteiger partial charge in [-0.05, 0) is 38.3 Å². The predicted molar refractivity (Wildman–Crippen MR) is 98.3 cm³/mol. The fraction of sp³-hybridized carbons (Fsp3) is 0.444. The molecule has 136 valence electrons. The second-order valence-corrected chi connectivity index (χ2v) is 7.78. The van der Waals surface area contributed by atoms with Gasteiger partial charge in [0.05, 0.1) is 16.2 Å². The molecular weight excluding hydrogens is 352 g/mol. The van der Waals surface area contributed by atoms with Gasteiger partial charge in [0.15, 0.2) is 11.0 Å².